The SMILES string of the molecule is CCS(=O)(=O)N1CC[C@@H](N)C1. The van der Waals surface area contributed by atoms with E-state index in [1.54, 1.807) is 6.92 Å². The number of nitrogens with two attached hydrogens (primary N) is 1. The van der Waals surface area contributed by atoms with Crippen molar-refractivity contribution in [2.45, 2.75) is 19.4 Å². The third-order valence-corrected chi connectivity index (χ3v) is 3.79. The average Bonchev–Trinajstić information content (AvgIpc) is 2.36. The standard InChI is InChI=1S/C6H14N2O2S/c1-2-11(9,10)8-4-3-6(7)5-8/h6H,2-5,7H2,1H3/t6-/m1/s1. The molecule has 0 amide bonds. The monoisotopic (exact) mass is 178 g/mol. The summed E-state index contributed by atoms with van der Waals surface area (Å²) in [6, 6.07) is 0.0383. The van der Waals surface area contributed by atoms with Crippen LogP contribution in [0.1, 0.15) is 13.3 Å². The van der Waals surface area contributed by atoms with Gasteiger partial charge in [0.05, 0.1) is 5.75 Å². The zero-order valence-electron chi connectivity index (χ0n) is 6.66. The summed E-state index contributed by atoms with van der Waals surface area (Å²) >= 11 is 0. The minimum Gasteiger partial charge on any atom is -0.326 e. The number of sulfonamides is 1. The van der Waals surface area contributed by atoms with Gasteiger partial charge in [-0.25, -0.2) is 12.7 Å². The van der Waals surface area contributed by atoms with Gasteiger partial charge in [0.1, 0.15) is 0 Å². The van der Waals surface area contributed by atoms with Crippen LogP contribution in [0.5, 0.6) is 0 Å². The second-order valence-corrected chi connectivity index (χ2v) is 5.06. The maximum Gasteiger partial charge on any atom is 0.213 e. The highest BCUT2D eigenvalue weighted by Gasteiger charge is 2.27. The Labute approximate surface area is 67.4 Å². The lowest BCUT2D eigenvalue weighted by Crippen LogP contribution is -2.32. The molecule has 5 heteroatoms. The van der Waals surface area contributed by atoms with Gasteiger partial charge in [-0.1, -0.05) is 0 Å². The molecule has 1 aliphatic heterocycles. The minimum absolute atomic E-state index is 0.0383. The first kappa shape index (κ1) is 8.96. The van der Waals surface area contributed by atoms with Crippen LogP contribution in [0.4, 0.5) is 0 Å². The zero-order chi connectivity index (χ0) is 8.48. The summed E-state index contributed by atoms with van der Waals surface area (Å²) in [5, 5.41) is 0. The summed E-state index contributed by atoms with van der Waals surface area (Å²) in [6.07, 6.45) is 0.791. The van der Waals surface area contributed by atoms with Crippen molar-refractivity contribution >= 4 is 10.0 Å². The van der Waals surface area contributed by atoms with Gasteiger partial charge in [-0.15, -0.1) is 0 Å². The molecule has 4 nitrogen and oxygen atoms in total. The summed E-state index contributed by atoms with van der Waals surface area (Å²) in [5.41, 5.74) is 5.57. The van der Waals surface area contributed by atoms with Crippen LogP contribution in [-0.4, -0.2) is 37.6 Å². The Hall–Kier alpha value is -0.130. The van der Waals surface area contributed by atoms with Crippen molar-refractivity contribution in [2.75, 3.05) is 18.8 Å². The number of hydrogen-bond donors (Lipinski definition) is 1. The van der Waals surface area contributed by atoms with E-state index in [0.29, 0.717) is 13.1 Å². The van der Waals surface area contributed by atoms with Crippen LogP contribution in [0.3, 0.4) is 0 Å². The Balaban J connectivity index is 2.64. The second kappa shape index (κ2) is 3.08. The van der Waals surface area contributed by atoms with E-state index in [1.807, 2.05) is 0 Å². The normalized spacial score (nSPS) is 27.6. The van der Waals surface area contributed by atoms with Crippen LogP contribution >= 0.6 is 0 Å². The van der Waals surface area contributed by atoms with Crippen molar-refractivity contribution in [3.05, 3.63) is 0 Å². The molecule has 1 fully saturated rings. The lowest BCUT2D eigenvalue weighted by atomic mass is 10.3. The number of hydrogen-bond acceptors (Lipinski definition) is 3. The number of nitrogens with zero attached hydrogens (tertiary/aromatic N) is 1. The van der Waals surface area contributed by atoms with E-state index in [4.69, 9.17) is 5.73 Å². The largest absolute Gasteiger partial charge is 0.326 e. The maximum atomic E-state index is 11.2. The molecule has 0 unspecified atom stereocenters. The molecule has 0 radical (unpaired) electrons. The quantitative estimate of drug-likeness (QED) is 0.612. The van der Waals surface area contributed by atoms with Crippen molar-refractivity contribution in [2.24, 2.45) is 5.73 Å². The average molecular weight is 178 g/mol. The third-order valence-electron chi connectivity index (χ3n) is 1.95. The summed E-state index contributed by atoms with van der Waals surface area (Å²) in [4.78, 5) is 0. The van der Waals surface area contributed by atoms with Gasteiger partial charge in [-0.2, -0.15) is 0 Å². The molecule has 0 aromatic carbocycles. The molecule has 0 bridgehead atoms. The lowest BCUT2D eigenvalue weighted by molar-refractivity contribution is 0.473. The molecular formula is C6H14N2O2S. The molecule has 1 saturated heterocycles. The summed E-state index contributed by atoms with van der Waals surface area (Å²) in [5.74, 6) is 0.180. The first-order chi connectivity index (χ1) is 5.06. The van der Waals surface area contributed by atoms with Gasteiger partial charge in [0.2, 0.25) is 10.0 Å². The predicted molar refractivity (Wildman–Crippen MR) is 43.6 cm³/mol. The first-order valence-corrected chi connectivity index (χ1v) is 5.40. The van der Waals surface area contributed by atoms with Crippen molar-refractivity contribution in [3.63, 3.8) is 0 Å². The first-order valence-electron chi connectivity index (χ1n) is 3.79. The smallest absolute Gasteiger partial charge is 0.213 e. The van der Waals surface area contributed by atoms with Crippen LogP contribution in [0.25, 0.3) is 0 Å². The molecule has 2 N–H and O–H groups in total. The molecule has 1 aliphatic rings. The molecule has 1 heterocycles. The fraction of sp³-hybridized carbons (Fsp3) is 1.00. The Morgan fingerprint density at radius 1 is 1.64 bits per heavy atom. The number of rotatable bonds is 2. The van der Waals surface area contributed by atoms with Gasteiger partial charge in [0.15, 0.2) is 0 Å². The summed E-state index contributed by atoms with van der Waals surface area (Å²) in [7, 11) is -2.98. The molecule has 1 rings (SSSR count). The van der Waals surface area contributed by atoms with Crippen LogP contribution < -0.4 is 5.73 Å². The van der Waals surface area contributed by atoms with E-state index in [1.165, 1.54) is 4.31 Å². The molecule has 0 saturated carbocycles. The van der Waals surface area contributed by atoms with E-state index in [2.05, 4.69) is 0 Å². The highest BCUT2D eigenvalue weighted by atomic mass is 32.2. The van der Waals surface area contributed by atoms with Crippen LogP contribution in [-0.2, 0) is 10.0 Å². The minimum atomic E-state index is -2.98. The topological polar surface area (TPSA) is 63.4 Å². The highest BCUT2D eigenvalue weighted by Crippen LogP contribution is 2.11. The van der Waals surface area contributed by atoms with E-state index in [9.17, 15) is 8.42 Å². The van der Waals surface area contributed by atoms with Crippen molar-refractivity contribution in [1.29, 1.82) is 0 Å². The molecular weight excluding hydrogens is 164 g/mol. The molecule has 0 aliphatic carbocycles. The molecule has 0 aromatic heterocycles. The van der Waals surface area contributed by atoms with Gasteiger partial charge in [0.25, 0.3) is 0 Å². The van der Waals surface area contributed by atoms with Crippen LogP contribution in [0.15, 0.2) is 0 Å². The Morgan fingerprint density at radius 3 is 2.64 bits per heavy atom. The molecule has 1 atom stereocenters. The molecule has 0 aromatic rings. The van der Waals surface area contributed by atoms with Gasteiger partial charge >= 0.3 is 0 Å². The fourth-order valence-electron chi connectivity index (χ4n) is 1.19. The molecule has 0 spiro atoms. The summed E-state index contributed by atoms with van der Waals surface area (Å²) < 4.78 is 23.9. The van der Waals surface area contributed by atoms with Crippen molar-refractivity contribution < 1.29 is 8.42 Å². The molecule has 11 heavy (non-hydrogen) atoms. The lowest BCUT2D eigenvalue weighted by Gasteiger charge is -2.13. The van der Waals surface area contributed by atoms with E-state index < -0.39 is 10.0 Å². The maximum absolute atomic E-state index is 11.2. The van der Waals surface area contributed by atoms with Gasteiger partial charge in [-0.05, 0) is 13.3 Å². The second-order valence-electron chi connectivity index (χ2n) is 2.81. The van der Waals surface area contributed by atoms with E-state index >= 15 is 0 Å². The predicted octanol–water partition coefficient (Wildman–Crippen LogP) is -0.631. The zero-order valence-corrected chi connectivity index (χ0v) is 7.47. The molecule has 66 valence electrons. The fourth-order valence-corrected chi connectivity index (χ4v) is 2.36. The van der Waals surface area contributed by atoms with Gasteiger partial charge in [0, 0.05) is 19.1 Å². The highest BCUT2D eigenvalue weighted by molar-refractivity contribution is 7.89. The van der Waals surface area contributed by atoms with Gasteiger partial charge < -0.3 is 5.73 Å². The van der Waals surface area contributed by atoms with E-state index in [-0.39, 0.29) is 11.8 Å². The Kier molecular flexibility index (Phi) is 2.51. The Morgan fingerprint density at radius 2 is 2.27 bits per heavy atom. The third kappa shape index (κ3) is 1.91. The van der Waals surface area contributed by atoms with Crippen molar-refractivity contribution in [1.82, 2.24) is 4.31 Å². The van der Waals surface area contributed by atoms with E-state index in [0.717, 1.165) is 6.42 Å². The Bertz CT molecular complexity index is 225. The van der Waals surface area contributed by atoms with Crippen LogP contribution in [0, 0.1) is 0 Å². The van der Waals surface area contributed by atoms with Crippen LogP contribution in [0.2, 0.25) is 0 Å². The summed E-state index contributed by atoms with van der Waals surface area (Å²) in [6.45, 7) is 2.74. The van der Waals surface area contributed by atoms with Gasteiger partial charge in [-0.3, -0.25) is 0 Å². The van der Waals surface area contributed by atoms with Crippen molar-refractivity contribution in [3.8, 4) is 0 Å².